The van der Waals surface area contributed by atoms with Crippen LogP contribution in [0, 0.1) is 0 Å². The van der Waals surface area contributed by atoms with E-state index in [1.807, 2.05) is 11.8 Å². The van der Waals surface area contributed by atoms with Crippen LogP contribution in [0.2, 0.25) is 0 Å². The van der Waals surface area contributed by atoms with Gasteiger partial charge in [-0.15, -0.1) is 0 Å². The number of hydrogen-bond donors (Lipinski definition) is 1. The van der Waals surface area contributed by atoms with E-state index in [4.69, 9.17) is 9.47 Å². The highest BCUT2D eigenvalue weighted by Gasteiger charge is 2.23. The number of benzene rings is 2. The van der Waals surface area contributed by atoms with Crippen LogP contribution in [0.4, 0.5) is 22.7 Å². The van der Waals surface area contributed by atoms with Crippen LogP contribution in [0.5, 0.6) is 0 Å². The molecule has 0 bridgehead atoms. The summed E-state index contributed by atoms with van der Waals surface area (Å²) in [6, 6.07) is 11.5. The number of hydrogen-bond acceptors (Lipinski definition) is 6. The maximum atomic E-state index is 5.53. The Labute approximate surface area is 171 Å². The SMILES string of the molecule is CCc1cc(N2CCOCC2)cc2c1Nc1ccc(N3CCOCC3)cc1S2. The lowest BCUT2D eigenvalue weighted by molar-refractivity contribution is 0.122. The van der Waals surface area contributed by atoms with Gasteiger partial charge in [-0.05, 0) is 42.3 Å². The summed E-state index contributed by atoms with van der Waals surface area (Å²) in [5.74, 6) is 0. The van der Waals surface area contributed by atoms with E-state index in [9.17, 15) is 0 Å². The first kappa shape index (κ1) is 18.2. The van der Waals surface area contributed by atoms with Crippen molar-refractivity contribution in [1.82, 2.24) is 0 Å². The number of nitrogens with one attached hydrogen (secondary N) is 1. The lowest BCUT2D eigenvalue weighted by atomic mass is 10.1. The molecule has 2 saturated heterocycles. The first-order valence-corrected chi connectivity index (χ1v) is 11.0. The van der Waals surface area contributed by atoms with Crippen LogP contribution in [0.25, 0.3) is 0 Å². The van der Waals surface area contributed by atoms with Gasteiger partial charge in [0.2, 0.25) is 0 Å². The Bertz CT molecular complexity index is 861. The Morgan fingerprint density at radius 1 is 0.857 bits per heavy atom. The molecular weight excluding hydrogens is 370 g/mol. The predicted molar refractivity (Wildman–Crippen MR) is 116 cm³/mol. The predicted octanol–water partition coefficient (Wildman–Crippen LogP) is 4.13. The largest absolute Gasteiger partial charge is 0.378 e. The van der Waals surface area contributed by atoms with Crippen molar-refractivity contribution in [3.05, 3.63) is 35.9 Å². The Morgan fingerprint density at radius 2 is 1.50 bits per heavy atom. The van der Waals surface area contributed by atoms with Gasteiger partial charge < -0.3 is 24.6 Å². The fourth-order valence-electron chi connectivity index (χ4n) is 4.13. The highest BCUT2D eigenvalue weighted by Crippen LogP contribution is 2.48. The van der Waals surface area contributed by atoms with Crippen molar-refractivity contribution in [1.29, 1.82) is 0 Å². The Balaban J connectivity index is 1.46. The summed E-state index contributed by atoms with van der Waals surface area (Å²) in [6.45, 7) is 9.37. The van der Waals surface area contributed by atoms with E-state index in [1.54, 1.807) is 0 Å². The third-order valence-corrected chi connectivity index (χ3v) is 6.85. The number of nitrogens with zero attached hydrogens (tertiary/aromatic N) is 2. The summed E-state index contributed by atoms with van der Waals surface area (Å²) >= 11 is 1.89. The Hall–Kier alpha value is -1.89. The second-order valence-corrected chi connectivity index (χ2v) is 8.52. The lowest BCUT2D eigenvalue weighted by Gasteiger charge is -2.32. The van der Waals surface area contributed by atoms with Crippen LogP contribution < -0.4 is 15.1 Å². The molecular formula is C22H27N3O2S. The lowest BCUT2D eigenvalue weighted by Crippen LogP contribution is -2.36. The van der Waals surface area contributed by atoms with E-state index < -0.39 is 0 Å². The van der Waals surface area contributed by atoms with Gasteiger partial charge in [-0.3, -0.25) is 0 Å². The zero-order valence-corrected chi connectivity index (χ0v) is 17.2. The van der Waals surface area contributed by atoms with E-state index in [-0.39, 0.29) is 0 Å². The van der Waals surface area contributed by atoms with E-state index in [0.717, 1.165) is 59.0 Å². The zero-order chi connectivity index (χ0) is 18.9. The molecule has 3 heterocycles. The van der Waals surface area contributed by atoms with Gasteiger partial charge in [0.05, 0.1) is 37.8 Å². The second kappa shape index (κ2) is 7.85. The molecule has 28 heavy (non-hydrogen) atoms. The van der Waals surface area contributed by atoms with Crippen LogP contribution in [0.15, 0.2) is 40.1 Å². The first-order valence-electron chi connectivity index (χ1n) is 10.2. The van der Waals surface area contributed by atoms with E-state index >= 15 is 0 Å². The van der Waals surface area contributed by atoms with Gasteiger partial charge >= 0.3 is 0 Å². The van der Waals surface area contributed by atoms with E-state index in [0.29, 0.717) is 0 Å². The topological polar surface area (TPSA) is 37.0 Å². The van der Waals surface area contributed by atoms with Crippen LogP contribution in [0.3, 0.4) is 0 Å². The maximum Gasteiger partial charge on any atom is 0.0642 e. The van der Waals surface area contributed by atoms with Crippen molar-refractivity contribution in [2.45, 2.75) is 23.1 Å². The van der Waals surface area contributed by atoms with Crippen molar-refractivity contribution in [2.75, 3.05) is 67.7 Å². The molecule has 0 aliphatic carbocycles. The van der Waals surface area contributed by atoms with Crippen molar-refractivity contribution < 1.29 is 9.47 Å². The summed E-state index contributed by atoms with van der Waals surface area (Å²) in [5, 5.41) is 3.71. The molecule has 0 aromatic heterocycles. The maximum absolute atomic E-state index is 5.53. The summed E-state index contributed by atoms with van der Waals surface area (Å²) in [7, 11) is 0. The van der Waals surface area contributed by atoms with Crippen molar-refractivity contribution >= 4 is 34.5 Å². The third kappa shape index (κ3) is 3.45. The van der Waals surface area contributed by atoms with Crippen LogP contribution in [0.1, 0.15) is 12.5 Å². The third-order valence-electron chi connectivity index (χ3n) is 5.75. The van der Waals surface area contributed by atoms with Gasteiger partial charge in [0, 0.05) is 47.3 Å². The van der Waals surface area contributed by atoms with Gasteiger partial charge in [0.15, 0.2) is 0 Å². The molecule has 1 N–H and O–H groups in total. The highest BCUT2D eigenvalue weighted by atomic mass is 32.2. The molecule has 0 spiro atoms. The molecule has 0 radical (unpaired) electrons. The normalized spacial score (nSPS) is 19.0. The van der Waals surface area contributed by atoms with Gasteiger partial charge in [-0.25, -0.2) is 0 Å². The average molecular weight is 398 g/mol. The minimum absolute atomic E-state index is 0.814. The van der Waals surface area contributed by atoms with Gasteiger partial charge in [0.1, 0.15) is 0 Å². The molecule has 0 unspecified atom stereocenters. The van der Waals surface area contributed by atoms with Crippen LogP contribution in [-0.2, 0) is 15.9 Å². The summed E-state index contributed by atoms with van der Waals surface area (Å²) in [5.41, 5.74) is 6.48. The van der Waals surface area contributed by atoms with Crippen molar-refractivity contribution in [3.63, 3.8) is 0 Å². The molecule has 148 valence electrons. The van der Waals surface area contributed by atoms with Gasteiger partial charge in [-0.2, -0.15) is 0 Å². The smallest absolute Gasteiger partial charge is 0.0642 e. The van der Waals surface area contributed by atoms with E-state index in [2.05, 4.69) is 52.4 Å². The van der Waals surface area contributed by atoms with Gasteiger partial charge in [-0.1, -0.05) is 18.7 Å². The molecule has 2 aromatic carbocycles. The minimum Gasteiger partial charge on any atom is -0.378 e. The quantitative estimate of drug-likeness (QED) is 0.716. The van der Waals surface area contributed by atoms with Crippen LogP contribution in [-0.4, -0.2) is 52.6 Å². The fourth-order valence-corrected chi connectivity index (χ4v) is 5.24. The monoisotopic (exact) mass is 397 g/mol. The molecule has 0 saturated carbocycles. The minimum atomic E-state index is 0.814. The van der Waals surface area contributed by atoms with Crippen molar-refractivity contribution in [3.8, 4) is 0 Å². The van der Waals surface area contributed by atoms with Gasteiger partial charge in [0.25, 0.3) is 0 Å². The Morgan fingerprint density at radius 3 is 2.18 bits per heavy atom. The first-order chi connectivity index (χ1) is 13.8. The van der Waals surface area contributed by atoms with E-state index in [1.165, 1.54) is 38.1 Å². The molecule has 5 rings (SSSR count). The molecule has 6 heteroatoms. The van der Waals surface area contributed by atoms with Crippen molar-refractivity contribution in [2.24, 2.45) is 0 Å². The number of rotatable bonds is 3. The molecule has 2 aromatic rings. The molecule has 2 fully saturated rings. The van der Waals surface area contributed by atoms with Crippen LogP contribution >= 0.6 is 11.8 Å². The number of ether oxygens (including phenoxy) is 2. The molecule has 3 aliphatic rings. The Kier molecular flexibility index (Phi) is 5.09. The molecule has 3 aliphatic heterocycles. The zero-order valence-electron chi connectivity index (χ0n) is 16.4. The molecule has 5 nitrogen and oxygen atoms in total. The average Bonchev–Trinajstić information content (AvgIpc) is 2.77. The number of anilines is 4. The molecule has 0 atom stereocenters. The fraction of sp³-hybridized carbons (Fsp3) is 0.455. The number of fused-ring (bicyclic) bond motifs is 2. The second-order valence-electron chi connectivity index (χ2n) is 7.44. The molecule has 0 amide bonds. The number of morpholine rings is 2. The summed E-state index contributed by atoms with van der Waals surface area (Å²) < 4.78 is 11.0. The standard InChI is InChI=1S/C22H27N3O2S/c1-2-16-13-18(25-7-11-27-12-8-25)15-21-22(16)23-19-4-3-17(14-20(19)28-21)24-5-9-26-10-6-24/h3-4,13-15,23H,2,5-12H2,1H3. The summed E-state index contributed by atoms with van der Waals surface area (Å²) in [6.07, 6.45) is 1.02. The summed E-state index contributed by atoms with van der Waals surface area (Å²) in [4.78, 5) is 7.50. The highest BCUT2D eigenvalue weighted by molar-refractivity contribution is 7.99. The number of aryl methyl sites for hydroxylation is 1.